The summed E-state index contributed by atoms with van der Waals surface area (Å²) < 4.78 is 24.6. The van der Waals surface area contributed by atoms with Crippen LogP contribution in [0.15, 0.2) is 40.8 Å². The van der Waals surface area contributed by atoms with Gasteiger partial charge in [-0.1, -0.05) is 0 Å². The van der Waals surface area contributed by atoms with E-state index in [4.69, 9.17) is 14.3 Å². The third-order valence-corrected chi connectivity index (χ3v) is 4.20. The molecule has 1 heterocycles. The highest BCUT2D eigenvalue weighted by molar-refractivity contribution is 6.11. The molecule has 6 nitrogen and oxygen atoms in total. The number of benzene rings is 2. The Hall–Kier alpha value is -3.35. The number of carboxylic acids is 1. The molecule has 140 valence electrons. The number of nitrogens with one attached hydrogen (secondary N) is 1. The molecule has 7 heteroatoms. The highest BCUT2D eigenvalue weighted by Crippen LogP contribution is 2.37. The van der Waals surface area contributed by atoms with Crippen LogP contribution in [0.25, 0.3) is 22.3 Å². The summed E-state index contributed by atoms with van der Waals surface area (Å²) in [6, 6.07) is 8.88. The van der Waals surface area contributed by atoms with E-state index in [-0.39, 0.29) is 11.5 Å². The molecule has 2 N–H and O–H groups in total. The van der Waals surface area contributed by atoms with E-state index < -0.39 is 17.9 Å². The first-order valence-electron chi connectivity index (χ1n) is 8.26. The van der Waals surface area contributed by atoms with Crippen molar-refractivity contribution in [1.29, 1.82) is 0 Å². The van der Waals surface area contributed by atoms with Crippen LogP contribution in [0.1, 0.15) is 22.8 Å². The van der Waals surface area contributed by atoms with Crippen molar-refractivity contribution in [3.8, 4) is 17.1 Å². The van der Waals surface area contributed by atoms with Crippen molar-refractivity contribution in [3.63, 3.8) is 0 Å². The minimum atomic E-state index is -1.10. The Morgan fingerprint density at radius 2 is 1.89 bits per heavy atom. The van der Waals surface area contributed by atoms with E-state index in [1.165, 1.54) is 38.2 Å². The Labute approximate surface area is 154 Å². The van der Waals surface area contributed by atoms with Gasteiger partial charge in [0.25, 0.3) is 5.91 Å². The molecule has 3 aromatic rings. The maximum Gasteiger partial charge on any atom is 0.344 e. The van der Waals surface area contributed by atoms with Crippen molar-refractivity contribution in [3.05, 3.63) is 53.3 Å². The van der Waals surface area contributed by atoms with Crippen LogP contribution in [0, 0.1) is 12.7 Å². The average molecular weight is 371 g/mol. The first-order chi connectivity index (χ1) is 12.8. The van der Waals surface area contributed by atoms with Crippen LogP contribution in [0.4, 0.5) is 4.39 Å². The zero-order chi connectivity index (χ0) is 19.7. The Bertz CT molecular complexity index is 1020. The third-order valence-electron chi connectivity index (χ3n) is 4.20. The zero-order valence-electron chi connectivity index (χ0n) is 15.0. The van der Waals surface area contributed by atoms with Crippen LogP contribution in [-0.2, 0) is 4.79 Å². The van der Waals surface area contributed by atoms with E-state index in [1.807, 2.05) is 0 Å². The highest BCUT2D eigenvalue weighted by Gasteiger charge is 2.23. The molecule has 1 amide bonds. The van der Waals surface area contributed by atoms with Gasteiger partial charge in [-0.25, -0.2) is 9.18 Å². The van der Waals surface area contributed by atoms with Gasteiger partial charge in [0.15, 0.2) is 6.10 Å². The number of carbonyl (C=O) groups is 2. The van der Waals surface area contributed by atoms with Gasteiger partial charge in [0.2, 0.25) is 0 Å². The Kier molecular flexibility index (Phi) is 4.85. The second kappa shape index (κ2) is 7.11. The molecule has 0 spiro atoms. The Morgan fingerprint density at radius 3 is 2.48 bits per heavy atom. The number of carboxylic acid groups (broad SMARTS) is 1. The number of furan rings is 1. The molecule has 0 radical (unpaired) electrons. The van der Waals surface area contributed by atoms with Gasteiger partial charge in [-0.05, 0) is 55.8 Å². The van der Waals surface area contributed by atoms with Crippen LogP contribution in [0.5, 0.6) is 5.75 Å². The molecule has 0 saturated heterocycles. The molecule has 27 heavy (non-hydrogen) atoms. The quantitative estimate of drug-likeness (QED) is 0.713. The topological polar surface area (TPSA) is 88.8 Å². The SMILES string of the molecule is CNC(=O)c1c(-c2ccc(F)cc2)oc2cc(C)c(OC(C)C(=O)O)cc12. The summed E-state index contributed by atoms with van der Waals surface area (Å²) in [7, 11) is 1.49. The molecule has 1 aromatic heterocycles. The Morgan fingerprint density at radius 1 is 1.22 bits per heavy atom. The Balaban J connectivity index is 2.21. The molecular formula is C20H18FNO5. The van der Waals surface area contributed by atoms with E-state index >= 15 is 0 Å². The molecular weight excluding hydrogens is 353 g/mol. The summed E-state index contributed by atoms with van der Waals surface area (Å²) in [6.45, 7) is 3.17. The van der Waals surface area contributed by atoms with Gasteiger partial charge in [-0.2, -0.15) is 0 Å². The molecule has 2 aromatic carbocycles. The molecule has 0 saturated carbocycles. The maximum atomic E-state index is 13.3. The molecule has 0 aliphatic heterocycles. The number of hydrogen-bond donors (Lipinski definition) is 2. The number of ether oxygens (including phenoxy) is 1. The van der Waals surface area contributed by atoms with Crippen LogP contribution in [-0.4, -0.2) is 30.1 Å². The summed E-state index contributed by atoms with van der Waals surface area (Å²) in [5.74, 6) is -1.24. The standard InChI is InChI=1S/C20H18FNO5/c1-10-8-16-14(9-15(10)26-11(2)20(24)25)17(19(23)22-3)18(27-16)12-4-6-13(21)7-5-12/h4-9,11H,1-3H3,(H,22,23)(H,24,25). The predicted octanol–water partition coefficient (Wildman–Crippen LogP) is 3.76. The summed E-state index contributed by atoms with van der Waals surface area (Å²) >= 11 is 0. The second-order valence-electron chi connectivity index (χ2n) is 6.10. The summed E-state index contributed by atoms with van der Waals surface area (Å²) in [5, 5.41) is 12.1. The average Bonchev–Trinajstić information content (AvgIpc) is 2.99. The van der Waals surface area contributed by atoms with Crippen LogP contribution in [0.3, 0.4) is 0 Å². The van der Waals surface area contributed by atoms with Gasteiger partial charge in [-0.3, -0.25) is 4.79 Å². The second-order valence-corrected chi connectivity index (χ2v) is 6.10. The fraction of sp³-hybridized carbons (Fsp3) is 0.200. The highest BCUT2D eigenvalue weighted by atomic mass is 19.1. The number of amides is 1. The van der Waals surface area contributed by atoms with Crippen molar-refractivity contribution in [1.82, 2.24) is 5.32 Å². The molecule has 0 bridgehead atoms. The van der Waals surface area contributed by atoms with Crippen molar-refractivity contribution in [2.75, 3.05) is 7.05 Å². The van der Waals surface area contributed by atoms with E-state index in [0.717, 1.165) is 0 Å². The van der Waals surface area contributed by atoms with Gasteiger partial charge < -0.3 is 19.6 Å². The van der Waals surface area contributed by atoms with Gasteiger partial charge >= 0.3 is 5.97 Å². The molecule has 1 unspecified atom stereocenters. The third kappa shape index (κ3) is 3.48. The zero-order valence-corrected chi connectivity index (χ0v) is 15.0. The number of halogens is 1. The fourth-order valence-corrected chi connectivity index (χ4v) is 2.75. The minimum Gasteiger partial charge on any atom is -0.479 e. The maximum absolute atomic E-state index is 13.3. The number of aliphatic carboxylic acids is 1. The lowest BCUT2D eigenvalue weighted by Crippen LogP contribution is -2.23. The fourth-order valence-electron chi connectivity index (χ4n) is 2.75. The minimum absolute atomic E-state index is 0.270. The van der Waals surface area contributed by atoms with Crippen molar-refractivity contribution < 1.29 is 28.2 Å². The van der Waals surface area contributed by atoms with Crippen LogP contribution < -0.4 is 10.1 Å². The van der Waals surface area contributed by atoms with Gasteiger partial charge in [-0.15, -0.1) is 0 Å². The van der Waals surface area contributed by atoms with E-state index in [0.29, 0.717) is 33.6 Å². The van der Waals surface area contributed by atoms with Crippen LogP contribution >= 0.6 is 0 Å². The summed E-state index contributed by atoms with van der Waals surface area (Å²) in [6.07, 6.45) is -1.05. The first-order valence-corrected chi connectivity index (χ1v) is 8.26. The van der Waals surface area contributed by atoms with Crippen molar-refractivity contribution >= 4 is 22.8 Å². The van der Waals surface area contributed by atoms with E-state index in [1.54, 1.807) is 19.1 Å². The number of rotatable bonds is 5. The monoisotopic (exact) mass is 371 g/mol. The van der Waals surface area contributed by atoms with E-state index in [9.17, 15) is 14.0 Å². The van der Waals surface area contributed by atoms with Gasteiger partial charge in [0.05, 0.1) is 5.56 Å². The number of fused-ring (bicyclic) bond motifs is 1. The molecule has 0 aliphatic carbocycles. The molecule has 0 fully saturated rings. The number of aryl methyl sites for hydroxylation is 1. The van der Waals surface area contributed by atoms with Gasteiger partial charge in [0, 0.05) is 18.0 Å². The van der Waals surface area contributed by atoms with E-state index in [2.05, 4.69) is 5.32 Å². The first kappa shape index (κ1) is 18.4. The van der Waals surface area contributed by atoms with Gasteiger partial charge in [0.1, 0.15) is 22.9 Å². The molecule has 0 aliphatic rings. The van der Waals surface area contributed by atoms with Crippen molar-refractivity contribution in [2.24, 2.45) is 0 Å². The lowest BCUT2D eigenvalue weighted by atomic mass is 10.0. The lowest BCUT2D eigenvalue weighted by molar-refractivity contribution is -0.144. The van der Waals surface area contributed by atoms with Crippen molar-refractivity contribution in [2.45, 2.75) is 20.0 Å². The van der Waals surface area contributed by atoms with Crippen LogP contribution in [0.2, 0.25) is 0 Å². The largest absolute Gasteiger partial charge is 0.479 e. The number of carbonyl (C=O) groups excluding carboxylic acids is 1. The lowest BCUT2D eigenvalue weighted by Gasteiger charge is -2.12. The summed E-state index contributed by atoms with van der Waals surface area (Å²) in [5.41, 5.74) is 1.93. The number of hydrogen-bond acceptors (Lipinski definition) is 4. The summed E-state index contributed by atoms with van der Waals surface area (Å²) in [4.78, 5) is 23.6. The smallest absolute Gasteiger partial charge is 0.344 e. The predicted molar refractivity (Wildman–Crippen MR) is 97.5 cm³/mol. The molecule has 1 atom stereocenters. The molecule has 3 rings (SSSR count). The normalized spacial score (nSPS) is 12.0.